The molecule has 0 fully saturated rings. The molecule has 0 heterocycles. The number of rotatable bonds is 6. The van der Waals surface area contributed by atoms with Gasteiger partial charge in [0.1, 0.15) is 0 Å². The van der Waals surface area contributed by atoms with Crippen molar-refractivity contribution in [3.8, 4) is 0 Å². The Kier molecular flexibility index (Phi) is 5.35. The van der Waals surface area contributed by atoms with Crippen molar-refractivity contribution < 1.29 is 0 Å². The Hall–Kier alpha value is -1.21. The van der Waals surface area contributed by atoms with Crippen molar-refractivity contribution in [2.45, 2.75) is 30.9 Å². The number of hydrogen-bond donors (Lipinski definition) is 1. The molecule has 0 aliphatic carbocycles. The van der Waals surface area contributed by atoms with E-state index in [2.05, 4.69) is 60.7 Å². The highest BCUT2D eigenvalue weighted by molar-refractivity contribution is 7.80. The third kappa shape index (κ3) is 4.58. The summed E-state index contributed by atoms with van der Waals surface area (Å²) in [5.41, 5.74) is 2.83. The van der Waals surface area contributed by atoms with Crippen LogP contribution in [0.5, 0.6) is 0 Å². The van der Waals surface area contributed by atoms with Crippen LogP contribution in [0.1, 0.15) is 24.0 Å². The third-order valence-electron chi connectivity index (χ3n) is 3.22. The van der Waals surface area contributed by atoms with Gasteiger partial charge in [-0.1, -0.05) is 60.7 Å². The van der Waals surface area contributed by atoms with Crippen LogP contribution in [0.4, 0.5) is 0 Å². The normalized spacial score (nSPS) is 10.8. The van der Waals surface area contributed by atoms with Gasteiger partial charge in [0.2, 0.25) is 0 Å². The van der Waals surface area contributed by atoms with E-state index in [1.54, 1.807) is 0 Å². The predicted octanol–water partition coefficient (Wildman–Crippen LogP) is 4.55. The average molecular weight is 256 g/mol. The lowest BCUT2D eigenvalue weighted by molar-refractivity contribution is 0.700. The molecule has 94 valence electrons. The fourth-order valence-electron chi connectivity index (χ4n) is 2.10. The molecular weight excluding hydrogens is 236 g/mol. The maximum atomic E-state index is 4.69. The largest absolute Gasteiger partial charge is 0.176 e. The van der Waals surface area contributed by atoms with Crippen molar-refractivity contribution >= 4 is 12.6 Å². The van der Waals surface area contributed by atoms with Crippen LogP contribution in [0.3, 0.4) is 0 Å². The minimum absolute atomic E-state index is 0.491. The van der Waals surface area contributed by atoms with E-state index in [1.165, 1.54) is 11.1 Å². The van der Waals surface area contributed by atoms with E-state index >= 15 is 0 Å². The highest BCUT2D eigenvalue weighted by Crippen LogP contribution is 2.14. The monoisotopic (exact) mass is 256 g/mol. The van der Waals surface area contributed by atoms with Gasteiger partial charge in [0.15, 0.2) is 0 Å². The summed E-state index contributed by atoms with van der Waals surface area (Å²) in [6, 6.07) is 21.3. The highest BCUT2D eigenvalue weighted by atomic mass is 32.1. The standard InChI is InChI=1S/C17H20S/c18-17(13-11-15-7-3-1-4-8-15)14-12-16-9-5-2-6-10-16/h1-10,17-18H,11-14H2. The summed E-state index contributed by atoms with van der Waals surface area (Å²) in [5, 5.41) is 0.491. The van der Waals surface area contributed by atoms with Crippen LogP contribution in [-0.4, -0.2) is 5.25 Å². The summed E-state index contributed by atoms with van der Waals surface area (Å²) in [6.07, 6.45) is 4.56. The Morgan fingerprint density at radius 2 is 1.06 bits per heavy atom. The zero-order chi connectivity index (χ0) is 12.6. The van der Waals surface area contributed by atoms with E-state index in [4.69, 9.17) is 12.6 Å². The van der Waals surface area contributed by atoms with Crippen molar-refractivity contribution in [3.63, 3.8) is 0 Å². The second kappa shape index (κ2) is 7.27. The molecule has 0 saturated carbocycles. The molecule has 0 aliphatic rings. The zero-order valence-electron chi connectivity index (χ0n) is 10.6. The van der Waals surface area contributed by atoms with Gasteiger partial charge in [0.05, 0.1) is 0 Å². The molecule has 0 unspecified atom stereocenters. The van der Waals surface area contributed by atoms with Crippen LogP contribution in [0.25, 0.3) is 0 Å². The fourth-order valence-corrected chi connectivity index (χ4v) is 2.36. The molecule has 2 aromatic carbocycles. The lowest BCUT2D eigenvalue weighted by atomic mass is 10.0. The number of hydrogen-bond acceptors (Lipinski definition) is 1. The molecule has 0 saturated heterocycles. The van der Waals surface area contributed by atoms with Crippen molar-refractivity contribution in [1.82, 2.24) is 0 Å². The smallest absolute Gasteiger partial charge is 0.00231 e. The number of benzene rings is 2. The summed E-state index contributed by atoms with van der Waals surface area (Å²) in [4.78, 5) is 0. The molecule has 0 nitrogen and oxygen atoms in total. The zero-order valence-corrected chi connectivity index (χ0v) is 11.5. The number of thiol groups is 1. The van der Waals surface area contributed by atoms with Crippen molar-refractivity contribution in [1.29, 1.82) is 0 Å². The molecule has 2 aromatic rings. The van der Waals surface area contributed by atoms with E-state index in [1.807, 2.05) is 0 Å². The average Bonchev–Trinajstić information content (AvgIpc) is 2.45. The van der Waals surface area contributed by atoms with Gasteiger partial charge >= 0.3 is 0 Å². The quantitative estimate of drug-likeness (QED) is 0.720. The van der Waals surface area contributed by atoms with Crippen LogP contribution < -0.4 is 0 Å². The highest BCUT2D eigenvalue weighted by Gasteiger charge is 2.04. The van der Waals surface area contributed by atoms with Crippen molar-refractivity contribution in [2.24, 2.45) is 0 Å². The molecule has 0 radical (unpaired) electrons. The van der Waals surface area contributed by atoms with Gasteiger partial charge < -0.3 is 0 Å². The molecule has 0 spiro atoms. The van der Waals surface area contributed by atoms with Crippen LogP contribution in [0, 0.1) is 0 Å². The van der Waals surface area contributed by atoms with E-state index in [-0.39, 0.29) is 0 Å². The molecule has 0 N–H and O–H groups in total. The maximum absolute atomic E-state index is 4.69. The van der Waals surface area contributed by atoms with Gasteiger partial charge in [0, 0.05) is 5.25 Å². The van der Waals surface area contributed by atoms with E-state index in [0.717, 1.165) is 25.7 Å². The van der Waals surface area contributed by atoms with Gasteiger partial charge in [0.25, 0.3) is 0 Å². The van der Waals surface area contributed by atoms with Crippen LogP contribution in [0.2, 0.25) is 0 Å². The Labute approximate surface area is 115 Å². The van der Waals surface area contributed by atoms with E-state index < -0.39 is 0 Å². The summed E-state index contributed by atoms with van der Waals surface area (Å²) < 4.78 is 0. The SMILES string of the molecule is SC(CCc1ccccc1)CCc1ccccc1. The fraction of sp³-hybridized carbons (Fsp3) is 0.294. The molecule has 0 aliphatic heterocycles. The first-order valence-corrected chi connectivity index (χ1v) is 7.12. The summed E-state index contributed by atoms with van der Waals surface area (Å²) in [5.74, 6) is 0. The lowest BCUT2D eigenvalue weighted by Gasteiger charge is -2.10. The Morgan fingerprint density at radius 3 is 1.44 bits per heavy atom. The Morgan fingerprint density at radius 1 is 0.667 bits per heavy atom. The summed E-state index contributed by atoms with van der Waals surface area (Å²) >= 11 is 4.69. The second-order valence-electron chi connectivity index (χ2n) is 4.70. The maximum Gasteiger partial charge on any atom is 0.00231 e. The molecule has 2 rings (SSSR count). The van der Waals surface area contributed by atoms with Gasteiger partial charge in [-0.3, -0.25) is 0 Å². The topological polar surface area (TPSA) is 0 Å². The minimum Gasteiger partial charge on any atom is -0.176 e. The third-order valence-corrected chi connectivity index (χ3v) is 3.73. The van der Waals surface area contributed by atoms with Gasteiger partial charge in [-0.05, 0) is 36.8 Å². The summed E-state index contributed by atoms with van der Waals surface area (Å²) in [7, 11) is 0. The lowest BCUT2D eigenvalue weighted by Crippen LogP contribution is -2.03. The van der Waals surface area contributed by atoms with Crippen LogP contribution >= 0.6 is 12.6 Å². The van der Waals surface area contributed by atoms with Crippen LogP contribution in [0.15, 0.2) is 60.7 Å². The Balaban J connectivity index is 1.71. The van der Waals surface area contributed by atoms with Crippen LogP contribution in [-0.2, 0) is 12.8 Å². The minimum atomic E-state index is 0.491. The van der Waals surface area contributed by atoms with Gasteiger partial charge in [-0.25, -0.2) is 0 Å². The first-order chi connectivity index (χ1) is 8.84. The molecule has 18 heavy (non-hydrogen) atoms. The van der Waals surface area contributed by atoms with Gasteiger partial charge in [-0.15, -0.1) is 0 Å². The van der Waals surface area contributed by atoms with E-state index in [0.29, 0.717) is 5.25 Å². The van der Waals surface area contributed by atoms with E-state index in [9.17, 15) is 0 Å². The van der Waals surface area contributed by atoms with Gasteiger partial charge in [-0.2, -0.15) is 12.6 Å². The van der Waals surface area contributed by atoms with Crippen molar-refractivity contribution in [3.05, 3.63) is 71.8 Å². The molecule has 0 amide bonds. The molecule has 0 atom stereocenters. The second-order valence-corrected chi connectivity index (χ2v) is 5.43. The molecular formula is C17H20S. The molecule has 0 bridgehead atoms. The molecule has 0 aromatic heterocycles. The Bertz CT molecular complexity index is 392. The number of aryl methyl sites for hydroxylation is 2. The first kappa shape index (κ1) is 13.2. The summed E-state index contributed by atoms with van der Waals surface area (Å²) in [6.45, 7) is 0. The molecule has 1 heteroatoms. The van der Waals surface area contributed by atoms with Crippen molar-refractivity contribution in [2.75, 3.05) is 0 Å². The first-order valence-electron chi connectivity index (χ1n) is 6.60. The predicted molar refractivity (Wildman–Crippen MR) is 82.3 cm³/mol.